The number of nitrogens with one attached hydrogen (secondary N) is 1. The number of amides is 1. The van der Waals surface area contributed by atoms with Crippen LogP contribution in [0.25, 0.3) is 6.08 Å². The molecule has 0 atom stereocenters. The Morgan fingerprint density at radius 2 is 1.87 bits per heavy atom. The molecule has 0 aliphatic rings. The number of carbonyl (C=O) groups is 1. The van der Waals surface area contributed by atoms with Gasteiger partial charge in [-0.3, -0.25) is 4.79 Å². The van der Waals surface area contributed by atoms with Crippen LogP contribution in [0, 0.1) is 17.1 Å². The molecule has 5 heteroatoms. The van der Waals surface area contributed by atoms with Gasteiger partial charge in [0.2, 0.25) is 0 Å². The Balaban J connectivity index is 1.66. The van der Waals surface area contributed by atoms with E-state index in [4.69, 9.17) is 4.74 Å². The van der Waals surface area contributed by atoms with E-state index < -0.39 is 5.91 Å². The number of nitriles is 1. The van der Waals surface area contributed by atoms with Crippen molar-refractivity contribution in [3.05, 3.63) is 101 Å². The van der Waals surface area contributed by atoms with Crippen molar-refractivity contribution >= 4 is 17.7 Å². The van der Waals surface area contributed by atoms with Crippen molar-refractivity contribution in [2.24, 2.45) is 0 Å². The summed E-state index contributed by atoms with van der Waals surface area (Å²) in [6, 6.07) is 22.7. The lowest BCUT2D eigenvalue weighted by molar-refractivity contribution is -0.112. The highest BCUT2D eigenvalue weighted by atomic mass is 19.1. The molecule has 0 heterocycles. The number of para-hydroxylation sites is 1. The van der Waals surface area contributed by atoms with Gasteiger partial charge in [0.05, 0.1) is 0 Å². The average Bonchev–Trinajstić information content (AvgIpc) is 2.77. The summed E-state index contributed by atoms with van der Waals surface area (Å²) < 4.78 is 18.9. The normalized spacial score (nSPS) is 10.9. The van der Waals surface area contributed by atoms with E-state index in [0.29, 0.717) is 17.0 Å². The molecule has 0 bridgehead atoms. The van der Waals surface area contributed by atoms with E-state index in [-0.39, 0.29) is 18.0 Å². The van der Waals surface area contributed by atoms with E-state index in [2.05, 4.69) is 5.32 Å². The number of benzene rings is 3. The van der Waals surface area contributed by atoms with Crippen LogP contribution in [-0.4, -0.2) is 5.91 Å². The lowest BCUT2D eigenvalue weighted by Gasteiger charge is -2.09. The molecule has 3 aromatic carbocycles. The van der Waals surface area contributed by atoms with E-state index in [9.17, 15) is 14.4 Å². The second-order valence-electron chi connectivity index (χ2n) is 6.62. The molecule has 0 saturated heterocycles. The Bertz CT molecular complexity index is 1100. The second-order valence-corrected chi connectivity index (χ2v) is 6.62. The zero-order chi connectivity index (χ0) is 21.3. The average molecular weight is 400 g/mol. The van der Waals surface area contributed by atoms with Crippen molar-refractivity contribution in [2.45, 2.75) is 20.0 Å². The molecule has 0 aromatic heterocycles. The molecule has 0 fully saturated rings. The van der Waals surface area contributed by atoms with Crippen molar-refractivity contribution in [1.29, 1.82) is 5.26 Å². The van der Waals surface area contributed by atoms with Crippen LogP contribution >= 0.6 is 0 Å². The first kappa shape index (κ1) is 20.8. The van der Waals surface area contributed by atoms with Gasteiger partial charge in [-0.1, -0.05) is 49.4 Å². The lowest BCUT2D eigenvalue weighted by Crippen LogP contribution is -2.14. The van der Waals surface area contributed by atoms with Crippen molar-refractivity contribution in [3.63, 3.8) is 0 Å². The topological polar surface area (TPSA) is 62.1 Å². The first-order valence-electron chi connectivity index (χ1n) is 9.57. The van der Waals surface area contributed by atoms with Gasteiger partial charge in [0, 0.05) is 5.69 Å². The van der Waals surface area contributed by atoms with Crippen LogP contribution in [0.2, 0.25) is 0 Å². The molecule has 4 nitrogen and oxygen atoms in total. The number of ether oxygens (including phenoxy) is 1. The van der Waals surface area contributed by atoms with Crippen LogP contribution in [0.3, 0.4) is 0 Å². The SMILES string of the molecule is CCc1ccccc1NC(=O)/C(C#N)=C/c1ccc(OCc2cccc(F)c2)cc1. The maximum Gasteiger partial charge on any atom is 0.266 e. The Hall–Kier alpha value is -3.91. The van der Waals surface area contributed by atoms with E-state index in [0.717, 1.165) is 17.5 Å². The van der Waals surface area contributed by atoms with Crippen LogP contribution in [-0.2, 0) is 17.8 Å². The quantitative estimate of drug-likeness (QED) is 0.420. The fraction of sp³-hybridized carbons (Fsp3) is 0.120. The molecule has 0 saturated carbocycles. The van der Waals surface area contributed by atoms with Gasteiger partial charge in [0.15, 0.2) is 0 Å². The molecule has 3 rings (SSSR count). The monoisotopic (exact) mass is 400 g/mol. The summed E-state index contributed by atoms with van der Waals surface area (Å²) in [7, 11) is 0. The molecule has 0 spiro atoms. The number of aryl methyl sites for hydroxylation is 1. The standard InChI is InChI=1S/C25H21FN2O2/c1-2-20-7-3-4-9-24(20)28-25(29)21(16-27)14-18-10-12-23(13-11-18)30-17-19-6-5-8-22(26)15-19/h3-15H,2,17H2,1H3,(H,28,29)/b21-14+. The Kier molecular flexibility index (Phi) is 6.96. The predicted molar refractivity (Wildman–Crippen MR) is 115 cm³/mol. The molecular formula is C25H21FN2O2. The fourth-order valence-corrected chi connectivity index (χ4v) is 2.91. The second kappa shape index (κ2) is 10.0. The van der Waals surface area contributed by atoms with Crippen LogP contribution in [0.5, 0.6) is 5.75 Å². The van der Waals surface area contributed by atoms with Crippen LogP contribution in [0.1, 0.15) is 23.6 Å². The molecule has 30 heavy (non-hydrogen) atoms. The zero-order valence-electron chi connectivity index (χ0n) is 16.6. The summed E-state index contributed by atoms with van der Waals surface area (Å²) in [4.78, 5) is 12.5. The number of hydrogen-bond donors (Lipinski definition) is 1. The van der Waals surface area contributed by atoms with Crippen LogP contribution < -0.4 is 10.1 Å². The van der Waals surface area contributed by atoms with Gasteiger partial charge >= 0.3 is 0 Å². The number of rotatable bonds is 7. The minimum Gasteiger partial charge on any atom is -0.489 e. The van der Waals surface area contributed by atoms with Crippen LogP contribution in [0.15, 0.2) is 78.4 Å². The van der Waals surface area contributed by atoms with Crippen molar-refractivity contribution in [2.75, 3.05) is 5.32 Å². The van der Waals surface area contributed by atoms with E-state index in [1.54, 1.807) is 36.4 Å². The van der Waals surface area contributed by atoms with Gasteiger partial charge in [-0.15, -0.1) is 0 Å². The van der Waals surface area contributed by atoms with Crippen molar-refractivity contribution in [1.82, 2.24) is 0 Å². The maximum absolute atomic E-state index is 13.2. The third kappa shape index (κ3) is 5.55. The molecular weight excluding hydrogens is 379 g/mol. The molecule has 0 aliphatic carbocycles. The third-order valence-electron chi connectivity index (χ3n) is 4.50. The van der Waals surface area contributed by atoms with Gasteiger partial charge in [-0.25, -0.2) is 4.39 Å². The summed E-state index contributed by atoms with van der Waals surface area (Å²) in [6.45, 7) is 2.25. The van der Waals surface area contributed by atoms with E-state index >= 15 is 0 Å². The Morgan fingerprint density at radius 3 is 2.57 bits per heavy atom. The molecule has 0 radical (unpaired) electrons. The molecule has 3 aromatic rings. The number of hydrogen-bond acceptors (Lipinski definition) is 3. The van der Waals surface area contributed by atoms with Crippen LogP contribution in [0.4, 0.5) is 10.1 Å². The number of carbonyl (C=O) groups excluding carboxylic acids is 1. The van der Waals surface area contributed by atoms with Gasteiger partial charge in [0.1, 0.15) is 29.8 Å². The molecule has 1 amide bonds. The number of anilines is 1. The first-order valence-corrected chi connectivity index (χ1v) is 9.57. The maximum atomic E-state index is 13.2. The molecule has 150 valence electrons. The minimum atomic E-state index is -0.454. The smallest absolute Gasteiger partial charge is 0.266 e. The van der Waals surface area contributed by atoms with Gasteiger partial charge in [-0.2, -0.15) is 5.26 Å². The Labute approximate surface area is 175 Å². The fourth-order valence-electron chi connectivity index (χ4n) is 2.91. The third-order valence-corrected chi connectivity index (χ3v) is 4.50. The van der Waals surface area contributed by atoms with Gasteiger partial charge in [0.25, 0.3) is 5.91 Å². The highest BCUT2D eigenvalue weighted by Gasteiger charge is 2.11. The molecule has 0 aliphatic heterocycles. The highest BCUT2D eigenvalue weighted by Crippen LogP contribution is 2.19. The summed E-state index contributed by atoms with van der Waals surface area (Å²) in [5.41, 5.74) is 3.14. The molecule has 0 unspecified atom stereocenters. The summed E-state index contributed by atoms with van der Waals surface area (Å²) in [5.74, 6) is -0.151. The Morgan fingerprint density at radius 1 is 1.10 bits per heavy atom. The molecule has 1 N–H and O–H groups in total. The largest absolute Gasteiger partial charge is 0.489 e. The van der Waals surface area contributed by atoms with E-state index in [1.807, 2.05) is 37.3 Å². The summed E-state index contributed by atoms with van der Waals surface area (Å²) in [6.07, 6.45) is 2.30. The van der Waals surface area contributed by atoms with E-state index in [1.165, 1.54) is 18.2 Å². The summed E-state index contributed by atoms with van der Waals surface area (Å²) in [5, 5.41) is 12.2. The highest BCUT2D eigenvalue weighted by molar-refractivity contribution is 6.09. The van der Waals surface area contributed by atoms with Crippen molar-refractivity contribution < 1.29 is 13.9 Å². The van der Waals surface area contributed by atoms with Gasteiger partial charge < -0.3 is 10.1 Å². The predicted octanol–water partition coefficient (Wildman–Crippen LogP) is 5.51. The summed E-state index contributed by atoms with van der Waals surface area (Å²) >= 11 is 0. The number of nitrogens with zero attached hydrogens (tertiary/aromatic N) is 1. The first-order chi connectivity index (χ1) is 14.6. The van der Waals surface area contributed by atoms with Gasteiger partial charge in [-0.05, 0) is 59.5 Å². The lowest BCUT2D eigenvalue weighted by atomic mass is 10.1. The minimum absolute atomic E-state index is 0.00864. The zero-order valence-corrected chi connectivity index (χ0v) is 16.6. The number of halogens is 1. The van der Waals surface area contributed by atoms with Crippen molar-refractivity contribution in [3.8, 4) is 11.8 Å².